The van der Waals surface area contributed by atoms with Crippen LogP contribution in [0.5, 0.6) is 0 Å². The van der Waals surface area contributed by atoms with Gasteiger partial charge in [0.1, 0.15) is 10.8 Å². The molecule has 12 heavy (non-hydrogen) atoms. The van der Waals surface area contributed by atoms with Crippen molar-refractivity contribution >= 4 is 22.6 Å². The van der Waals surface area contributed by atoms with Gasteiger partial charge in [0.2, 0.25) is 0 Å². The number of nitrogens with zero attached hydrogens (tertiary/aromatic N) is 1. The molecule has 0 fully saturated rings. The minimum absolute atomic E-state index is 0.557. The minimum Gasteiger partial charge on any atom is -0.346 e. The van der Waals surface area contributed by atoms with E-state index in [1.807, 2.05) is 18.3 Å². The molecule has 0 amide bonds. The number of aromatic nitrogens is 2. The number of rotatable bonds is 1. The monoisotopic (exact) mass is 180 g/mol. The molecule has 2 aromatic rings. The number of aryl methyl sites for hydroxylation is 1. The quantitative estimate of drug-likeness (QED) is 0.672. The minimum atomic E-state index is 0.557. The van der Waals surface area contributed by atoms with E-state index >= 15 is 0 Å². The highest BCUT2D eigenvalue weighted by atomic mass is 35.5. The summed E-state index contributed by atoms with van der Waals surface area (Å²) in [6.45, 7) is 2.11. The Labute approximate surface area is 75.6 Å². The number of H-pyrrole nitrogens is 1. The molecule has 0 spiro atoms. The van der Waals surface area contributed by atoms with Crippen LogP contribution in [-0.4, -0.2) is 9.97 Å². The van der Waals surface area contributed by atoms with Crippen LogP contribution in [0.25, 0.3) is 11.0 Å². The SMILES string of the molecule is CCc1cc(Cl)nc2[nH]ccc12. The van der Waals surface area contributed by atoms with Crippen LogP contribution in [0.1, 0.15) is 12.5 Å². The molecule has 0 aromatic carbocycles. The molecule has 0 unspecified atom stereocenters. The van der Waals surface area contributed by atoms with Gasteiger partial charge in [-0.05, 0) is 24.1 Å². The van der Waals surface area contributed by atoms with Crippen LogP contribution in [0.4, 0.5) is 0 Å². The zero-order valence-corrected chi connectivity index (χ0v) is 7.52. The lowest BCUT2D eigenvalue weighted by atomic mass is 10.1. The van der Waals surface area contributed by atoms with Crippen molar-refractivity contribution < 1.29 is 0 Å². The third-order valence-corrected chi connectivity index (χ3v) is 2.16. The Morgan fingerprint density at radius 1 is 1.58 bits per heavy atom. The Balaban J connectivity index is 2.80. The highest BCUT2D eigenvalue weighted by Crippen LogP contribution is 2.19. The molecule has 2 rings (SSSR count). The first-order valence-electron chi connectivity index (χ1n) is 3.93. The highest BCUT2D eigenvalue weighted by molar-refractivity contribution is 6.29. The van der Waals surface area contributed by atoms with E-state index in [4.69, 9.17) is 11.6 Å². The van der Waals surface area contributed by atoms with Crippen LogP contribution >= 0.6 is 11.6 Å². The molecule has 0 aliphatic rings. The molecule has 0 aliphatic heterocycles. The summed E-state index contributed by atoms with van der Waals surface area (Å²) in [7, 11) is 0. The zero-order valence-electron chi connectivity index (χ0n) is 6.76. The summed E-state index contributed by atoms with van der Waals surface area (Å²) < 4.78 is 0. The molecule has 62 valence electrons. The van der Waals surface area contributed by atoms with Gasteiger partial charge in [0.25, 0.3) is 0 Å². The number of hydrogen-bond donors (Lipinski definition) is 1. The number of nitrogens with one attached hydrogen (secondary N) is 1. The summed E-state index contributed by atoms with van der Waals surface area (Å²) >= 11 is 5.83. The van der Waals surface area contributed by atoms with Gasteiger partial charge in [0, 0.05) is 11.6 Å². The molecule has 3 heteroatoms. The number of hydrogen-bond acceptors (Lipinski definition) is 1. The van der Waals surface area contributed by atoms with Gasteiger partial charge in [-0.25, -0.2) is 4.98 Å². The lowest BCUT2D eigenvalue weighted by molar-refractivity contribution is 1.15. The molecule has 1 N–H and O–H groups in total. The van der Waals surface area contributed by atoms with Gasteiger partial charge in [0.05, 0.1) is 0 Å². The number of halogens is 1. The van der Waals surface area contributed by atoms with Gasteiger partial charge in [-0.2, -0.15) is 0 Å². The summed E-state index contributed by atoms with van der Waals surface area (Å²) in [5, 5.41) is 1.73. The molecule has 2 heterocycles. The van der Waals surface area contributed by atoms with E-state index in [1.54, 1.807) is 0 Å². The standard InChI is InChI=1S/C9H9ClN2/c1-2-6-5-8(10)12-9-7(6)3-4-11-9/h3-5H,2H2,1H3,(H,11,12). The second kappa shape index (κ2) is 2.79. The van der Waals surface area contributed by atoms with E-state index < -0.39 is 0 Å². The number of aromatic amines is 1. The lowest BCUT2D eigenvalue weighted by Gasteiger charge is -1.98. The Morgan fingerprint density at radius 2 is 2.42 bits per heavy atom. The van der Waals surface area contributed by atoms with E-state index in [9.17, 15) is 0 Å². The fourth-order valence-corrected chi connectivity index (χ4v) is 1.58. The molecule has 2 nitrogen and oxygen atoms in total. The topological polar surface area (TPSA) is 28.7 Å². The van der Waals surface area contributed by atoms with Gasteiger partial charge in [-0.1, -0.05) is 18.5 Å². The maximum absolute atomic E-state index is 5.83. The third-order valence-electron chi connectivity index (χ3n) is 1.96. The second-order valence-electron chi connectivity index (χ2n) is 2.70. The Morgan fingerprint density at radius 3 is 3.17 bits per heavy atom. The zero-order chi connectivity index (χ0) is 8.55. The van der Waals surface area contributed by atoms with E-state index in [0.29, 0.717) is 5.15 Å². The first-order valence-corrected chi connectivity index (χ1v) is 4.31. The largest absolute Gasteiger partial charge is 0.346 e. The predicted molar refractivity (Wildman–Crippen MR) is 50.5 cm³/mol. The van der Waals surface area contributed by atoms with E-state index in [-0.39, 0.29) is 0 Å². The molecule has 2 aromatic heterocycles. The van der Waals surface area contributed by atoms with Crippen molar-refractivity contribution in [3.63, 3.8) is 0 Å². The molecule has 0 atom stereocenters. The van der Waals surface area contributed by atoms with Gasteiger partial charge in [0.15, 0.2) is 0 Å². The van der Waals surface area contributed by atoms with Gasteiger partial charge >= 0.3 is 0 Å². The second-order valence-corrected chi connectivity index (χ2v) is 3.08. The fraction of sp³-hybridized carbons (Fsp3) is 0.222. The van der Waals surface area contributed by atoms with Crippen LogP contribution in [-0.2, 0) is 6.42 Å². The van der Waals surface area contributed by atoms with Crippen LogP contribution < -0.4 is 0 Å². The molecular formula is C9H9ClN2. The average molecular weight is 181 g/mol. The Kier molecular flexibility index (Phi) is 1.77. The summed E-state index contributed by atoms with van der Waals surface area (Å²) in [6, 6.07) is 3.94. The van der Waals surface area contributed by atoms with Crippen molar-refractivity contribution in [3.8, 4) is 0 Å². The van der Waals surface area contributed by atoms with Crippen molar-refractivity contribution in [2.75, 3.05) is 0 Å². The van der Waals surface area contributed by atoms with Crippen LogP contribution in [0, 0.1) is 0 Å². The van der Waals surface area contributed by atoms with Crippen LogP contribution in [0.2, 0.25) is 5.15 Å². The van der Waals surface area contributed by atoms with Crippen molar-refractivity contribution in [2.45, 2.75) is 13.3 Å². The predicted octanol–water partition coefficient (Wildman–Crippen LogP) is 2.78. The molecule has 0 saturated carbocycles. The van der Waals surface area contributed by atoms with E-state index in [1.165, 1.54) is 10.9 Å². The maximum Gasteiger partial charge on any atom is 0.139 e. The summed E-state index contributed by atoms with van der Waals surface area (Å²) in [5.74, 6) is 0. The molecular weight excluding hydrogens is 172 g/mol. The summed E-state index contributed by atoms with van der Waals surface area (Å²) in [5.41, 5.74) is 2.12. The molecule has 0 saturated heterocycles. The van der Waals surface area contributed by atoms with E-state index in [2.05, 4.69) is 16.9 Å². The van der Waals surface area contributed by atoms with Gasteiger partial charge in [-0.3, -0.25) is 0 Å². The Bertz CT molecular complexity index is 406. The summed E-state index contributed by atoms with van der Waals surface area (Å²) in [4.78, 5) is 7.19. The summed E-state index contributed by atoms with van der Waals surface area (Å²) in [6.07, 6.45) is 2.86. The number of fused-ring (bicyclic) bond motifs is 1. The highest BCUT2D eigenvalue weighted by Gasteiger charge is 2.02. The van der Waals surface area contributed by atoms with Crippen LogP contribution in [0.15, 0.2) is 18.3 Å². The molecule has 0 radical (unpaired) electrons. The number of pyridine rings is 1. The smallest absolute Gasteiger partial charge is 0.139 e. The van der Waals surface area contributed by atoms with Crippen molar-refractivity contribution in [1.82, 2.24) is 9.97 Å². The third kappa shape index (κ3) is 1.08. The average Bonchev–Trinajstić information content (AvgIpc) is 2.50. The lowest BCUT2D eigenvalue weighted by Crippen LogP contribution is -1.85. The van der Waals surface area contributed by atoms with Gasteiger partial charge < -0.3 is 4.98 Å². The first kappa shape index (κ1) is 7.62. The molecule has 0 aliphatic carbocycles. The van der Waals surface area contributed by atoms with Crippen molar-refractivity contribution in [2.24, 2.45) is 0 Å². The normalized spacial score (nSPS) is 10.8. The fourth-order valence-electron chi connectivity index (χ4n) is 1.37. The first-order chi connectivity index (χ1) is 5.81. The maximum atomic E-state index is 5.83. The van der Waals surface area contributed by atoms with Gasteiger partial charge in [-0.15, -0.1) is 0 Å². The molecule has 0 bridgehead atoms. The van der Waals surface area contributed by atoms with Crippen molar-refractivity contribution in [3.05, 3.63) is 29.0 Å². The van der Waals surface area contributed by atoms with E-state index in [0.717, 1.165) is 12.1 Å². The van der Waals surface area contributed by atoms with Crippen LogP contribution in [0.3, 0.4) is 0 Å². The van der Waals surface area contributed by atoms with Crippen molar-refractivity contribution in [1.29, 1.82) is 0 Å². The Hall–Kier alpha value is -1.02.